The molecule has 8 nitrogen and oxygen atoms in total. The molecule has 0 bridgehead atoms. The Bertz CT molecular complexity index is 1670. The lowest BCUT2D eigenvalue weighted by Gasteiger charge is -2.24. The van der Waals surface area contributed by atoms with Gasteiger partial charge in [-0.15, -0.1) is 11.3 Å². The van der Waals surface area contributed by atoms with Crippen LogP contribution in [0.5, 0.6) is 11.5 Å². The fraction of sp³-hybridized carbons (Fsp3) is 0.276. The highest BCUT2D eigenvalue weighted by Gasteiger charge is 2.31. The summed E-state index contributed by atoms with van der Waals surface area (Å²) in [6, 6.07) is 13.3. The number of nitrogens with one attached hydrogen (secondary N) is 1. The van der Waals surface area contributed by atoms with E-state index in [1.165, 1.54) is 32.5 Å². The Morgan fingerprint density at radius 1 is 1.10 bits per heavy atom. The molecule has 1 saturated heterocycles. The predicted molar refractivity (Wildman–Crippen MR) is 169 cm³/mol. The summed E-state index contributed by atoms with van der Waals surface area (Å²) in [7, 11) is -1.37. The van der Waals surface area contributed by atoms with Gasteiger partial charge in [0.1, 0.15) is 22.2 Å². The van der Waals surface area contributed by atoms with Crippen LogP contribution < -0.4 is 24.0 Å². The van der Waals surface area contributed by atoms with E-state index in [1.807, 2.05) is 18.2 Å². The molecule has 0 spiro atoms. The zero-order valence-electron chi connectivity index (χ0n) is 22.9. The van der Waals surface area contributed by atoms with Crippen LogP contribution in [0.25, 0.3) is 0 Å². The van der Waals surface area contributed by atoms with Crippen LogP contribution in [0, 0.1) is 5.82 Å². The molecule has 222 valence electrons. The second-order valence-corrected chi connectivity index (χ2v) is 13.6. The van der Waals surface area contributed by atoms with Gasteiger partial charge >= 0.3 is 0 Å². The van der Waals surface area contributed by atoms with Gasteiger partial charge in [-0.3, -0.25) is 0 Å². The highest BCUT2D eigenvalue weighted by Crippen LogP contribution is 2.36. The molecule has 5 rings (SSSR count). The minimum absolute atomic E-state index is 0.129. The van der Waals surface area contributed by atoms with Gasteiger partial charge in [0.15, 0.2) is 5.13 Å². The lowest BCUT2D eigenvalue weighted by atomic mass is 10.1. The summed E-state index contributed by atoms with van der Waals surface area (Å²) in [5, 5.41) is 5.76. The fourth-order valence-electron chi connectivity index (χ4n) is 4.84. The molecule has 1 fully saturated rings. The minimum Gasteiger partial charge on any atom is -0.497 e. The quantitative estimate of drug-likeness (QED) is 0.176. The molecule has 13 heteroatoms. The highest BCUT2D eigenvalue weighted by atomic mass is 79.9. The van der Waals surface area contributed by atoms with Crippen molar-refractivity contribution in [3.8, 4) is 11.5 Å². The number of nitrogens with zero attached hydrogens (tertiary/aromatic N) is 3. The smallest absolute Gasteiger partial charge is 0.269 e. The van der Waals surface area contributed by atoms with Gasteiger partial charge in [-0.1, -0.05) is 17.7 Å². The van der Waals surface area contributed by atoms with Crippen LogP contribution in [-0.4, -0.2) is 40.7 Å². The van der Waals surface area contributed by atoms with Gasteiger partial charge < -0.3 is 19.7 Å². The molecule has 0 atom stereocenters. The largest absolute Gasteiger partial charge is 0.497 e. The zero-order valence-corrected chi connectivity index (χ0v) is 26.9. The first kappa shape index (κ1) is 30.4. The fourth-order valence-corrected chi connectivity index (χ4v) is 7.99. The monoisotopic (exact) mass is 694 g/mol. The number of ether oxygens (including phenoxy) is 2. The standard InChI is InChI=1S/C29H29BrClFN4O4S2/c1-39-22-8-6-20(27(14-22)40-2)18-36(29-33-9-12-41-29)42(37,38)28-15-23(30)25(16-24(28)32)34-17-19-5-7-21(31)13-26(19)35-10-3-4-11-35/h5-9,12-16,34H,3-4,10-11,17-18H2,1-2H3. The summed E-state index contributed by atoms with van der Waals surface area (Å²) < 4.78 is 55.8. The van der Waals surface area contributed by atoms with Crippen LogP contribution in [0.1, 0.15) is 24.0 Å². The molecule has 0 unspecified atom stereocenters. The Hall–Kier alpha value is -3.06. The van der Waals surface area contributed by atoms with Crippen molar-refractivity contribution in [1.29, 1.82) is 0 Å². The van der Waals surface area contributed by atoms with Crippen molar-refractivity contribution < 1.29 is 22.3 Å². The molecule has 3 aromatic carbocycles. The SMILES string of the molecule is COc1ccc(CN(c2nccs2)S(=O)(=O)c2cc(Br)c(NCc3ccc(Cl)cc3N3CCCC3)cc2F)c(OC)c1. The molecule has 1 aromatic heterocycles. The lowest BCUT2D eigenvalue weighted by molar-refractivity contribution is 0.391. The Labute approximate surface area is 262 Å². The van der Waals surface area contributed by atoms with Gasteiger partial charge in [0.2, 0.25) is 0 Å². The maximum atomic E-state index is 15.7. The van der Waals surface area contributed by atoms with Crippen LogP contribution in [0.4, 0.5) is 20.9 Å². The van der Waals surface area contributed by atoms with Crippen LogP contribution >= 0.6 is 38.9 Å². The minimum atomic E-state index is -4.38. The van der Waals surface area contributed by atoms with E-state index in [-0.39, 0.29) is 11.7 Å². The number of hydrogen-bond acceptors (Lipinski definition) is 8. The van der Waals surface area contributed by atoms with Crippen molar-refractivity contribution in [2.45, 2.75) is 30.8 Å². The number of anilines is 3. The molecule has 1 N–H and O–H groups in total. The number of hydrogen-bond donors (Lipinski definition) is 1. The van der Waals surface area contributed by atoms with Crippen LogP contribution in [-0.2, 0) is 23.1 Å². The van der Waals surface area contributed by atoms with Crippen LogP contribution in [0.15, 0.2) is 69.5 Å². The summed E-state index contributed by atoms with van der Waals surface area (Å²) in [6.45, 7) is 2.18. The van der Waals surface area contributed by atoms with E-state index in [4.69, 9.17) is 21.1 Å². The van der Waals surface area contributed by atoms with E-state index in [9.17, 15) is 8.42 Å². The number of benzene rings is 3. The van der Waals surface area contributed by atoms with Gasteiger partial charge in [0.25, 0.3) is 10.0 Å². The first-order valence-corrected chi connectivity index (χ1v) is 16.6. The first-order valence-electron chi connectivity index (χ1n) is 13.1. The molecule has 4 aromatic rings. The number of aromatic nitrogens is 1. The number of halogens is 3. The topological polar surface area (TPSA) is 84.0 Å². The summed E-state index contributed by atoms with van der Waals surface area (Å²) >= 11 is 10.9. The van der Waals surface area contributed by atoms with E-state index >= 15 is 4.39 Å². The van der Waals surface area contributed by atoms with E-state index in [0.717, 1.165) is 52.8 Å². The molecule has 0 radical (unpaired) electrons. The number of sulfonamides is 1. The second kappa shape index (κ2) is 13.1. The van der Waals surface area contributed by atoms with Crippen molar-refractivity contribution in [2.24, 2.45) is 0 Å². The molecule has 0 saturated carbocycles. The third-order valence-electron chi connectivity index (χ3n) is 6.99. The zero-order chi connectivity index (χ0) is 29.9. The van der Waals surface area contributed by atoms with Crippen LogP contribution in [0.2, 0.25) is 5.02 Å². The van der Waals surface area contributed by atoms with Gasteiger partial charge in [0.05, 0.1) is 26.5 Å². The predicted octanol–water partition coefficient (Wildman–Crippen LogP) is 7.32. The first-order chi connectivity index (χ1) is 20.2. The van der Waals surface area contributed by atoms with Crippen molar-refractivity contribution in [1.82, 2.24) is 4.98 Å². The second-order valence-electron chi connectivity index (χ2n) is 9.59. The maximum Gasteiger partial charge on any atom is 0.269 e. The molecular weight excluding hydrogens is 667 g/mol. The van der Waals surface area contributed by atoms with Crippen molar-refractivity contribution in [2.75, 3.05) is 41.8 Å². The normalized spacial score (nSPS) is 13.3. The molecule has 0 amide bonds. The Morgan fingerprint density at radius 2 is 1.86 bits per heavy atom. The van der Waals surface area contributed by atoms with E-state index < -0.39 is 20.7 Å². The summed E-state index contributed by atoms with van der Waals surface area (Å²) in [5.41, 5.74) is 3.03. The average Bonchev–Trinajstić information content (AvgIpc) is 3.71. The number of methoxy groups -OCH3 is 2. The molecule has 2 heterocycles. The Kier molecular flexibility index (Phi) is 9.46. The Balaban J connectivity index is 1.44. The molecule has 0 aliphatic carbocycles. The van der Waals surface area contributed by atoms with Gasteiger partial charge in [-0.25, -0.2) is 22.1 Å². The third-order valence-corrected chi connectivity index (χ3v) is 10.5. The maximum absolute atomic E-state index is 15.7. The lowest BCUT2D eigenvalue weighted by Crippen LogP contribution is -2.31. The molecular formula is C29H29BrClFN4O4S2. The van der Waals surface area contributed by atoms with Crippen molar-refractivity contribution >= 4 is 65.4 Å². The van der Waals surface area contributed by atoms with Crippen LogP contribution in [0.3, 0.4) is 0 Å². The van der Waals surface area contributed by atoms with Gasteiger partial charge in [0, 0.05) is 58.0 Å². The summed E-state index contributed by atoms with van der Waals surface area (Å²) in [4.78, 5) is 6.02. The van der Waals surface area contributed by atoms with E-state index in [2.05, 4.69) is 31.1 Å². The number of thiazole rings is 1. The molecule has 1 aliphatic heterocycles. The van der Waals surface area contributed by atoms with Crippen molar-refractivity contribution in [3.05, 3.63) is 86.5 Å². The summed E-state index contributed by atoms with van der Waals surface area (Å²) in [6.07, 6.45) is 3.74. The van der Waals surface area contributed by atoms with Crippen molar-refractivity contribution in [3.63, 3.8) is 0 Å². The highest BCUT2D eigenvalue weighted by molar-refractivity contribution is 9.10. The number of rotatable bonds is 11. The average molecular weight is 696 g/mol. The third kappa shape index (κ3) is 6.46. The van der Waals surface area contributed by atoms with Gasteiger partial charge in [-0.05, 0) is 70.7 Å². The molecule has 42 heavy (non-hydrogen) atoms. The summed E-state index contributed by atoms with van der Waals surface area (Å²) in [5.74, 6) is 0.103. The Morgan fingerprint density at radius 3 is 2.55 bits per heavy atom. The van der Waals surface area contributed by atoms with E-state index in [1.54, 1.807) is 23.6 Å². The van der Waals surface area contributed by atoms with Gasteiger partial charge in [-0.2, -0.15) is 0 Å². The van der Waals surface area contributed by atoms with E-state index in [0.29, 0.717) is 38.8 Å². The molecule has 1 aliphatic rings.